The Hall–Kier alpha value is -2.20. The maximum atomic E-state index is 12.9. The number of rotatable bonds is 5. The second-order valence-corrected chi connectivity index (χ2v) is 6.64. The van der Waals surface area contributed by atoms with E-state index in [9.17, 15) is 4.79 Å². The molecule has 1 aliphatic rings. The van der Waals surface area contributed by atoms with Crippen molar-refractivity contribution in [2.75, 3.05) is 20.3 Å². The predicted octanol–water partition coefficient (Wildman–Crippen LogP) is 3.87. The van der Waals surface area contributed by atoms with Crippen molar-refractivity contribution in [2.45, 2.75) is 39.2 Å². The first-order chi connectivity index (χ1) is 12.1. The number of ether oxygens (including phenoxy) is 1. The van der Waals surface area contributed by atoms with Gasteiger partial charge in [-0.05, 0) is 49.9 Å². The second-order valence-electron chi connectivity index (χ2n) is 6.64. The largest absolute Gasteiger partial charge is 0.383 e. The summed E-state index contributed by atoms with van der Waals surface area (Å²) in [5, 5.41) is 0. The number of aryl methyl sites for hydroxylation is 2. The van der Waals surface area contributed by atoms with E-state index in [-0.39, 0.29) is 11.9 Å². The van der Waals surface area contributed by atoms with Crippen LogP contribution in [0.5, 0.6) is 0 Å². The number of benzene rings is 1. The van der Waals surface area contributed by atoms with Crippen molar-refractivity contribution in [3.63, 3.8) is 0 Å². The van der Waals surface area contributed by atoms with E-state index in [1.165, 1.54) is 5.56 Å². The third-order valence-electron chi connectivity index (χ3n) is 4.94. The van der Waals surface area contributed by atoms with Crippen LogP contribution in [0.15, 0.2) is 36.4 Å². The number of nitrogens with zero attached hydrogens (tertiary/aromatic N) is 2. The van der Waals surface area contributed by atoms with Gasteiger partial charge in [0.05, 0.1) is 18.3 Å². The Morgan fingerprint density at radius 2 is 2.16 bits per heavy atom. The molecule has 1 aliphatic heterocycles. The van der Waals surface area contributed by atoms with Gasteiger partial charge in [0.15, 0.2) is 0 Å². The van der Waals surface area contributed by atoms with Gasteiger partial charge in [-0.1, -0.05) is 25.1 Å². The third-order valence-corrected chi connectivity index (χ3v) is 4.94. The van der Waals surface area contributed by atoms with Crippen LogP contribution < -0.4 is 0 Å². The molecular formula is C21H26N2O2. The molecule has 4 heteroatoms. The van der Waals surface area contributed by atoms with Gasteiger partial charge in [-0.3, -0.25) is 9.78 Å². The SMILES string of the molecule is CCc1nc(-c2cccc(C(=O)N3CCC[C@H]3COC)c2)ccc1C. The molecule has 0 saturated carbocycles. The van der Waals surface area contributed by atoms with Crippen molar-refractivity contribution >= 4 is 5.91 Å². The van der Waals surface area contributed by atoms with E-state index >= 15 is 0 Å². The quantitative estimate of drug-likeness (QED) is 0.831. The fourth-order valence-electron chi connectivity index (χ4n) is 3.54. The highest BCUT2D eigenvalue weighted by atomic mass is 16.5. The van der Waals surface area contributed by atoms with E-state index in [4.69, 9.17) is 9.72 Å². The van der Waals surface area contributed by atoms with Crippen molar-refractivity contribution in [2.24, 2.45) is 0 Å². The van der Waals surface area contributed by atoms with E-state index < -0.39 is 0 Å². The molecule has 2 aromatic rings. The highest BCUT2D eigenvalue weighted by Crippen LogP contribution is 2.24. The lowest BCUT2D eigenvalue weighted by Gasteiger charge is -2.24. The zero-order valence-corrected chi connectivity index (χ0v) is 15.3. The van der Waals surface area contributed by atoms with Crippen LogP contribution in [0.3, 0.4) is 0 Å². The van der Waals surface area contributed by atoms with Crippen molar-refractivity contribution in [3.8, 4) is 11.3 Å². The van der Waals surface area contributed by atoms with Gasteiger partial charge in [0.2, 0.25) is 0 Å². The van der Waals surface area contributed by atoms with Gasteiger partial charge in [-0.25, -0.2) is 0 Å². The highest BCUT2D eigenvalue weighted by Gasteiger charge is 2.29. The molecule has 2 heterocycles. The van der Waals surface area contributed by atoms with Gasteiger partial charge >= 0.3 is 0 Å². The molecule has 1 saturated heterocycles. The van der Waals surface area contributed by atoms with Gasteiger partial charge in [0.25, 0.3) is 5.91 Å². The molecular weight excluding hydrogens is 312 g/mol. The Bertz CT molecular complexity index is 757. The number of hydrogen-bond donors (Lipinski definition) is 0. The van der Waals surface area contributed by atoms with Crippen molar-refractivity contribution < 1.29 is 9.53 Å². The molecule has 0 aliphatic carbocycles. The molecule has 0 spiro atoms. The molecule has 1 amide bonds. The maximum absolute atomic E-state index is 12.9. The van der Waals surface area contributed by atoms with E-state index in [0.29, 0.717) is 6.61 Å². The van der Waals surface area contributed by atoms with Gasteiger partial charge in [0, 0.05) is 30.5 Å². The Morgan fingerprint density at radius 3 is 2.92 bits per heavy atom. The number of methoxy groups -OCH3 is 1. The molecule has 0 N–H and O–H groups in total. The van der Waals surface area contributed by atoms with Gasteiger partial charge in [-0.15, -0.1) is 0 Å². The summed E-state index contributed by atoms with van der Waals surface area (Å²) in [6, 6.07) is 12.1. The second kappa shape index (κ2) is 7.79. The average Bonchev–Trinajstić information content (AvgIpc) is 3.10. The number of likely N-dealkylation sites (tertiary alicyclic amines) is 1. The predicted molar refractivity (Wildman–Crippen MR) is 99.7 cm³/mol. The normalized spacial score (nSPS) is 17.1. The fraction of sp³-hybridized carbons (Fsp3) is 0.429. The minimum atomic E-state index is 0.0872. The summed E-state index contributed by atoms with van der Waals surface area (Å²) in [4.78, 5) is 19.6. The summed E-state index contributed by atoms with van der Waals surface area (Å²) in [6.45, 7) is 5.60. The molecule has 0 radical (unpaired) electrons. The maximum Gasteiger partial charge on any atom is 0.254 e. The van der Waals surface area contributed by atoms with Crippen molar-refractivity contribution in [3.05, 3.63) is 53.2 Å². The van der Waals surface area contributed by atoms with E-state index in [2.05, 4.69) is 19.9 Å². The lowest BCUT2D eigenvalue weighted by atomic mass is 10.0. The number of aromatic nitrogens is 1. The van der Waals surface area contributed by atoms with Gasteiger partial charge in [-0.2, -0.15) is 0 Å². The number of carbonyl (C=O) groups is 1. The van der Waals surface area contributed by atoms with E-state index in [1.54, 1.807) is 7.11 Å². The first-order valence-electron chi connectivity index (χ1n) is 9.01. The monoisotopic (exact) mass is 338 g/mol. The van der Waals surface area contributed by atoms with Crippen LogP contribution in [0.25, 0.3) is 11.3 Å². The molecule has 132 valence electrons. The molecule has 25 heavy (non-hydrogen) atoms. The smallest absolute Gasteiger partial charge is 0.254 e. The van der Waals surface area contributed by atoms with Crippen LogP contribution in [0.4, 0.5) is 0 Å². The summed E-state index contributed by atoms with van der Waals surface area (Å²) in [6.07, 6.45) is 2.96. The molecule has 0 bridgehead atoms. The van der Waals surface area contributed by atoms with Crippen LogP contribution in [-0.2, 0) is 11.2 Å². The third kappa shape index (κ3) is 3.74. The van der Waals surface area contributed by atoms with Gasteiger partial charge < -0.3 is 9.64 Å². The highest BCUT2D eigenvalue weighted by molar-refractivity contribution is 5.95. The number of carbonyl (C=O) groups excluding carboxylic acids is 1. The topological polar surface area (TPSA) is 42.4 Å². The Morgan fingerprint density at radius 1 is 1.32 bits per heavy atom. The lowest BCUT2D eigenvalue weighted by molar-refractivity contribution is 0.0630. The molecule has 1 aromatic carbocycles. The number of pyridine rings is 1. The van der Waals surface area contributed by atoms with Crippen LogP contribution in [0.1, 0.15) is 41.4 Å². The first-order valence-corrected chi connectivity index (χ1v) is 9.01. The van der Waals surface area contributed by atoms with Crippen LogP contribution >= 0.6 is 0 Å². The number of amides is 1. The zero-order valence-electron chi connectivity index (χ0n) is 15.3. The molecule has 1 aromatic heterocycles. The molecule has 0 unspecified atom stereocenters. The fourth-order valence-corrected chi connectivity index (χ4v) is 3.54. The summed E-state index contributed by atoms with van der Waals surface area (Å²) in [5.41, 5.74) is 4.95. The summed E-state index contributed by atoms with van der Waals surface area (Å²) in [7, 11) is 1.69. The van der Waals surface area contributed by atoms with Crippen molar-refractivity contribution in [1.29, 1.82) is 0 Å². The van der Waals surface area contributed by atoms with Crippen molar-refractivity contribution in [1.82, 2.24) is 9.88 Å². The summed E-state index contributed by atoms with van der Waals surface area (Å²) < 4.78 is 5.27. The van der Waals surface area contributed by atoms with Crippen LogP contribution in [0.2, 0.25) is 0 Å². The Balaban J connectivity index is 1.87. The molecule has 1 atom stereocenters. The molecule has 1 fully saturated rings. The zero-order chi connectivity index (χ0) is 17.8. The minimum Gasteiger partial charge on any atom is -0.383 e. The molecule has 3 rings (SSSR count). The van der Waals surface area contributed by atoms with E-state index in [0.717, 1.165) is 48.3 Å². The standard InChI is InChI=1S/C21H26N2O2/c1-4-19-15(2)10-11-20(22-19)16-7-5-8-17(13-16)21(24)23-12-6-9-18(23)14-25-3/h5,7-8,10-11,13,18H,4,6,9,12,14H2,1-3H3/t18-/m0/s1. The lowest BCUT2D eigenvalue weighted by Crippen LogP contribution is -2.38. The average molecular weight is 338 g/mol. The Kier molecular flexibility index (Phi) is 5.49. The summed E-state index contributed by atoms with van der Waals surface area (Å²) >= 11 is 0. The minimum absolute atomic E-state index is 0.0872. The summed E-state index contributed by atoms with van der Waals surface area (Å²) in [5.74, 6) is 0.0872. The molecule has 4 nitrogen and oxygen atoms in total. The van der Waals surface area contributed by atoms with Gasteiger partial charge in [0.1, 0.15) is 0 Å². The van der Waals surface area contributed by atoms with E-state index in [1.807, 2.05) is 35.2 Å². The Labute approximate surface area is 149 Å². The van der Waals surface area contributed by atoms with Crippen LogP contribution in [-0.4, -0.2) is 42.1 Å². The first kappa shape index (κ1) is 17.6. The number of hydrogen-bond acceptors (Lipinski definition) is 3. The van der Waals surface area contributed by atoms with Crippen LogP contribution in [0, 0.1) is 6.92 Å².